The molecule has 0 bridgehead atoms. The zero-order chi connectivity index (χ0) is 17.8. The summed E-state index contributed by atoms with van der Waals surface area (Å²) in [4.78, 5) is 12.1. The molecule has 3 aromatic rings. The number of hydrazone groups is 1. The molecule has 126 valence electrons. The molecule has 0 atom stereocenters. The maximum Gasteiger partial charge on any atom is 0.271 e. The van der Waals surface area contributed by atoms with E-state index in [-0.39, 0.29) is 17.4 Å². The Morgan fingerprint density at radius 3 is 2.60 bits per heavy atom. The predicted octanol–water partition coefficient (Wildman–Crippen LogP) is 3.46. The number of benzene rings is 3. The lowest BCUT2D eigenvalue weighted by molar-refractivity contribution is 0.0955. The molecular weight excluding hydrogens is 340 g/mol. The number of nitrogens with zero attached hydrogens (tertiary/aromatic N) is 1. The summed E-state index contributed by atoms with van der Waals surface area (Å²) in [5.74, 6) is -0.522. The summed E-state index contributed by atoms with van der Waals surface area (Å²) in [6.07, 6.45) is 1.55. The topological polar surface area (TPSA) is 81.9 Å². The highest BCUT2D eigenvalue weighted by Gasteiger charge is 2.08. The Labute approximate surface area is 149 Å². The van der Waals surface area contributed by atoms with Gasteiger partial charge in [-0.15, -0.1) is 0 Å². The van der Waals surface area contributed by atoms with Crippen LogP contribution < -0.4 is 5.43 Å². The molecule has 0 fully saturated rings. The first-order chi connectivity index (χ1) is 12.1. The molecule has 5 nitrogen and oxygen atoms in total. The van der Waals surface area contributed by atoms with Gasteiger partial charge < -0.3 is 10.2 Å². The molecule has 3 aromatic carbocycles. The van der Waals surface area contributed by atoms with Crippen molar-refractivity contribution in [1.29, 1.82) is 0 Å². The highest BCUT2D eigenvalue weighted by Crippen LogP contribution is 2.24. The number of aliphatic hydroxyl groups is 1. The number of nitrogens with one attached hydrogen (secondary N) is 1. The van der Waals surface area contributed by atoms with E-state index in [0.717, 1.165) is 21.9 Å². The molecule has 0 aliphatic rings. The van der Waals surface area contributed by atoms with Crippen molar-refractivity contribution in [3.8, 4) is 5.75 Å². The lowest BCUT2D eigenvalue weighted by Crippen LogP contribution is -2.17. The quantitative estimate of drug-likeness (QED) is 0.495. The minimum atomic E-state index is -0.436. The number of aliphatic hydroxyl groups excluding tert-OH is 1. The number of amides is 1. The second-order valence-electron chi connectivity index (χ2n) is 5.38. The third kappa shape index (κ3) is 3.63. The summed E-state index contributed by atoms with van der Waals surface area (Å²) in [5.41, 5.74) is 4.37. The molecule has 0 spiro atoms. The average Bonchev–Trinajstić information content (AvgIpc) is 2.64. The van der Waals surface area contributed by atoms with Gasteiger partial charge in [0.1, 0.15) is 5.75 Å². The van der Waals surface area contributed by atoms with E-state index in [2.05, 4.69) is 10.5 Å². The average molecular weight is 355 g/mol. The summed E-state index contributed by atoms with van der Waals surface area (Å²) >= 11 is 5.79. The van der Waals surface area contributed by atoms with E-state index in [0.29, 0.717) is 5.56 Å². The summed E-state index contributed by atoms with van der Waals surface area (Å²) in [6, 6.07) is 15.5. The Kier molecular flexibility index (Phi) is 4.97. The normalized spacial score (nSPS) is 11.1. The number of fused-ring (bicyclic) bond motifs is 1. The van der Waals surface area contributed by atoms with Gasteiger partial charge in [-0.3, -0.25) is 4.79 Å². The number of carbonyl (C=O) groups is 1. The van der Waals surface area contributed by atoms with E-state index in [9.17, 15) is 15.0 Å². The van der Waals surface area contributed by atoms with Crippen LogP contribution in [0.3, 0.4) is 0 Å². The molecular formula is C19H15ClN2O3. The zero-order valence-corrected chi connectivity index (χ0v) is 13.9. The Morgan fingerprint density at radius 2 is 1.88 bits per heavy atom. The third-order valence-corrected chi connectivity index (χ3v) is 4.10. The van der Waals surface area contributed by atoms with Crippen LogP contribution in [0.15, 0.2) is 59.7 Å². The molecule has 0 aromatic heterocycles. The van der Waals surface area contributed by atoms with Gasteiger partial charge in [0.2, 0.25) is 0 Å². The lowest BCUT2D eigenvalue weighted by Gasteiger charge is -2.07. The second kappa shape index (κ2) is 7.34. The van der Waals surface area contributed by atoms with E-state index in [1.54, 1.807) is 6.21 Å². The number of hydrogen-bond acceptors (Lipinski definition) is 4. The van der Waals surface area contributed by atoms with Crippen LogP contribution >= 0.6 is 11.6 Å². The molecule has 1 amide bonds. The number of halogens is 1. The van der Waals surface area contributed by atoms with Gasteiger partial charge in [-0.05, 0) is 34.5 Å². The Morgan fingerprint density at radius 1 is 1.12 bits per heavy atom. The summed E-state index contributed by atoms with van der Waals surface area (Å²) < 4.78 is 0. The maximum absolute atomic E-state index is 12.1. The van der Waals surface area contributed by atoms with Crippen molar-refractivity contribution in [1.82, 2.24) is 5.43 Å². The van der Waals surface area contributed by atoms with Gasteiger partial charge in [-0.25, -0.2) is 5.43 Å². The van der Waals surface area contributed by atoms with Crippen LogP contribution in [-0.4, -0.2) is 22.3 Å². The second-order valence-corrected chi connectivity index (χ2v) is 5.79. The van der Waals surface area contributed by atoms with Gasteiger partial charge in [0.25, 0.3) is 5.91 Å². The van der Waals surface area contributed by atoms with E-state index >= 15 is 0 Å². The van der Waals surface area contributed by atoms with Crippen molar-refractivity contribution < 1.29 is 15.0 Å². The molecule has 6 heteroatoms. The van der Waals surface area contributed by atoms with Gasteiger partial charge in [0.15, 0.2) is 0 Å². The van der Waals surface area contributed by atoms with Gasteiger partial charge >= 0.3 is 0 Å². The molecule has 0 saturated carbocycles. The van der Waals surface area contributed by atoms with Crippen LogP contribution in [0.1, 0.15) is 21.5 Å². The molecule has 0 unspecified atom stereocenters. The Bertz CT molecular complexity index is 970. The van der Waals surface area contributed by atoms with Crippen molar-refractivity contribution in [2.45, 2.75) is 6.61 Å². The predicted molar refractivity (Wildman–Crippen MR) is 98.0 cm³/mol. The minimum absolute atomic E-state index is 0.0454. The number of aromatic hydroxyl groups is 1. The van der Waals surface area contributed by atoms with Crippen LogP contribution in [0.2, 0.25) is 5.02 Å². The van der Waals surface area contributed by atoms with Crippen LogP contribution in [0, 0.1) is 0 Å². The van der Waals surface area contributed by atoms with E-state index < -0.39 is 5.91 Å². The van der Waals surface area contributed by atoms with E-state index in [1.165, 1.54) is 18.2 Å². The monoisotopic (exact) mass is 354 g/mol. The third-order valence-electron chi connectivity index (χ3n) is 3.80. The van der Waals surface area contributed by atoms with Crippen molar-refractivity contribution in [3.63, 3.8) is 0 Å². The van der Waals surface area contributed by atoms with Crippen LogP contribution in [0.25, 0.3) is 10.8 Å². The molecule has 3 rings (SSSR count). The van der Waals surface area contributed by atoms with Gasteiger partial charge in [-0.2, -0.15) is 5.10 Å². The fourth-order valence-corrected chi connectivity index (χ4v) is 2.69. The highest BCUT2D eigenvalue weighted by atomic mass is 35.5. The minimum Gasteiger partial charge on any atom is -0.506 e. The molecule has 0 radical (unpaired) electrons. The van der Waals surface area contributed by atoms with Crippen LogP contribution in [-0.2, 0) is 6.61 Å². The number of hydrogen-bond donors (Lipinski definition) is 3. The lowest BCUT2D eigenvalue weighted by atomic mass is 10.0. The largest absolute Gasteiger partial charge is 0.506 e. The van der Waals surface area contributed by atoms with Gasteiger partial charge in [-0.1, -0.05) is 48.0 Å². The summed E-state index contributed by atoms with van der Waals surface area (Å²) in [5, 5.41) is 24.8. The van der Waals surface area contributed by atoms with Crippen LogP contribution in [0.4, 0.5) is 0 Å². The summed E-state index contributed by atoms with van der Waals surface area (Å²) in [6.45, 7) is -0.0454. The standard InChI is InChI=1S/C19H15ClN2O3/c20-17-9-12(7-8-18(17)24)19(25)22-21-10-13-5-6-14(11-23)16-4-2-1-3-15(13)16/h1-10,23-24H,11H2,(H,22,25)/b21-10+. The number of phenols is 1. The van der Waals surface area contributed by atoms with Crippen molar-refractivity contribution >= 4 is 34.5 Å². The van der Waals surface area contributed by atoms with Crippen LogP contribution in [0.5, 0.6) is 5.75 Å². The van der Waals surface area contributed by atoms with Gasteiger partial charge in [0, 0.05) is 11.1 Å². The SMILES string of the molecule is O=C(N/N=C/c1ccc(CO)c2ccccc12)c1ccc(O)c(Cl)c1. The van der Waals surface area contributed by atoms with Crippen molar-refractivity contribution in [3.05, 3.63) is 76.3 Å². The van der Waals surface area contributed by atoms with Crippen molar-refractivity contribution in [2.75, 3.05) is 0 Å². The number of rotatable bonds is 4. The van der Waals surface area contributed by atoms with Gasteiger partial charge in [0.05, 0.1) is 17.8 Å². The smallest absolute Gasteiger partial charge is 0.271 e. The fourth-order valence-electron chi connectivity index (χ4n) is 2.51. The van der Waals surface area contributed by atoms with Crippen molar-refractivity contribution in [2.24, 2.45) is 5.10 Å². The zero-order valence-electron chi connectivity index (χ0n) is 13.1. The first-order valence-electron chi connectivity index (χ1n) is 7.53. The molecule has 25 heavy (non-hydrogen) atoms. The molecule has 0 saturated heterocycles. The molecule has 0 aliphatic carbocycles. The highest BCUT2D eigenvalue weighted by molar-refractivity contribution is 6.32. The Hall–Kier alpha value is -2.89. The number of carbonyl (C=O) groups excluding carboxylic acids is 1. The summed E-state index contributed by atoms with van der Waals surface area (Å²) in [7, 11) is 0. The maximum atomic E-state index is 12.1. The van der Waals surface area contributed by atoms with E-state index in [4.69, 9.17) is 11.6 Å². The molecule has 0 aliphatic heterocycles. The van der Waals surface area contributed by atoms with E-state index in [1.807, 2.05) is 36.4 Å². The Balaban J connectivity index is 1.82. The number of phenolic OH excluding ortho intramolecular Hbond substituents is 1. The molecule has 0 heterocycles. The fraction of sp³-hybridized carbons (Fsp3) is 0.0526. The first-order valence-corrected chi connectivity index (χ1v) is 7.91. The molecule has 3 N–H and O–H groups in total. The first kappa shape index (κ1) is 17.0.